The number of carbonyl (C=O) groups excluding carboxylic acids is 1. The summed E-state index contributed by atoms with van der Waals surface area (Å²) in [6, 6.07) is -0.440. The molecule has 5 heteroatoms. The molecule has 2 fully saturated rings. The van der Waals surface area contributed by atoms with Gasteiger partial charge in [0.25, 0.3) is 0 Å². The van der Waals surface area contributed by atoms with Crippen LogP contribution in [-0.4, -0.2) is 41.1 Å². The summed E-state index contributed by atoms with van der Waals surface area (Å²) < 4.78 is 0. The van der Waals surface area contributed by atoms with Gasteiger partial charge in [0.05, 0.1) is 5.92 Å². The smallest absolute Gasteiger partial charge is 0.317 e. The highest BCUT2D eigenvalue weighted by Crippen LogP contribution is 2.33. The fraction of sp³-hybridized carbons (Fsp3) is 0.857. The Hall–Kier alpha value is -1.26. The van der Waals surface area contributed by atoms with Crippen molar-refractivity contribution in [1.82, 2.24) is 10.2 Å². The van der Waals surface area contributed by atoms with Crippen molar-refractivity contribution in [3.05, 3.63) is 0 Å². The Bertz CT molecular complexity index is 337. The summed E-state index contributed by atoms with van der Waals surface area (Å²) in [4.78, 5) is 25.0. The minimum absolute atomic E-state index is 0.0978. The van der Waals surface area contributed by atoms with Crippen molar-refractivity contribution in [2.75, 3.05) is 13.1 Å². The van der Waals surface area contributed by atoms with Crippen molar-refractivity contribution in [2.24, 2.45) is 17.8 Å². The number of aliphatic carboxylic acids is 1. The molecular weight excluding hydrogens is 244 g/mol. The van der Waals surface area contributed by atoms with E-state index < -0.39 is 11.9 Å². The lowest BCUT2D eigenvalue weighted by molar-refractivity contribution is -0.141. The first-order valence-electron chi connectivity index (χ1n) is 7.25. The number of carboxylic acid groups (broad SMARTS) is 1. The first-order chi connectivity index (χ1) is 8.97. The molecule has 0 radical (unpaired) electrons. The van der Waals surface area contributed by atoms with Gasteiger partial charge in [-0.25, -0.2) is 4.79 Å². The van der Waals surface area contributed by atoms with Crippen LogP contribution >= 0.6 is 0 Å². The average Bonchev–Trinajstić information content (AvgIpc) is 3.21. The van der Waals surface area contributed by atoms with Gasteiger partial charge in [0, 0.05) is 19.1 Å². The Balaban J connectivity index is 1.84. The van der Waals surface area contributed by atoms with E-state index in [0.717, 1.165) is 13.1 Å². The molecule has 2 aliphatic carbocycles. The Morgan fingerprint density at radius 3 is 2.00 bits per heavy atom. The molecule has 2 N–H and O–H groups in total. The highest BCUT2D eigenvalue weighted by molar-refractivity contribution is 5.76. The maximum Gasteiger partial charge on any atom is 0.317 e. The quantitative estimate of drug-likeness (QED) is 0.741. The number of rotatable bonds is 7. The summed E-state index contributed by atoms with van der Waals surface area (Å²) >= 11 is 0. The van der Waals surface area contributed by atoms with Crippen LogP contribution in [0, 0.1) is 17.8 Å². The van der Waals surface area contributed by atoms with Gasteiger partial charge < -0.3 is 15.3 Å². The molecule has 2 unspecified atom stereocenters. The maximum absolute atomic E-state index is 12.2. The van der Waals surface area contributed by atoms with Gasteiger partial charge >= 0.3 is 12.0 Å². The summed E-state index contributed by atoms with van der Waals surface area (Å²) in [6.07, 6.45) is 4.87. The van der Waals surface area contributed by atoms with Crippen molar-refractivity contribution in [1.29, 1.82) is 0 Å². The zero-order valence-corrected chi connectivity index (χ0v) is 11.8. The van der Waals surface area contributed by atoms with Crippen molar-refractivity contribution >= 4 is 12.0 Å². The first kappa shape index (κ1) is 14.2. The third kappa shape index (κ3) is 4.40. The summed E-state index contributed by atoms with van der Waals surface area (Å²) in [5, 5.41) is 11.8. The molecule has 0 heterocycles. The Morgan fingerprint density at radius 1 is 1.16 bits per heavy atom. The molecule has 2 amide bonds. The molecule has 0 aromatic rings. The van der Waals surface area contributed by atoms with Crippen LogP contribution in [0.4, 0.5) is 4.79 Å². The topological polar surface area (TPSA) is 69.6 Å². The van der Waals surface area contributed by atoms with Gasteiger partial charge in [-0.15, -0.1) is 0 Å². The fourth-order valence-corrected chi connectivity index (χ4v) is 2.09. The lowest BCUT2D eigenvalue weighted by atomic mass is 10.0. The van der Waals surface area contributed by atoms with Gasteiger partial charge in [-0.2, -0.15) is 0 Å². The lowest BCUT2D eigenvalue weighted by Gasteiger charge is -2.26. The van der Waals surface area contributed by atoms with Crippen LogP contribution in [0.1, 0.15) is 39.5 Å². The number of nitrogens with one attached hydrogen (secondary N) is 1. The van der Waals surface area contributed by atoms with Crippen LogP contribution in [-0.2, 0) is 4.79 Å². The van der Waals surface area contributed by atoms with Crippen LogP contribution in [0.15, 0.2) is 0 Å². The molecular formula is C14H24N2O3. The number of urea groups is 1. The molecule has 0 spiro atoms. The minimum Gasteiger partial charge on any atom is -0.481 e. The van der Waals surface area contributed by atoms with Crippen molar-refractivity contribution in [3.8, 4) is 0 Å². The monoisotopic (exact) mass is 268 g/mol. The summed E-state index contributed by atoms with van der Waals surface area (Å²) in [5.41, 5.74) is 0. The number of amides is 2. The number of hydrogen-bond acceptors (Lipinski definition) is 2. The SMILES string of the molecule is CC(NC(=O)N(CC1CC1)CC1CC1)C(C)C(=O)O. The number of carboxylic acids is 1. The molecule has 0 saturated heterocycles. The standard InChI is InChI=1S/C14H24N2O3/c1-9(13(17)18)10(2)15-14(19)16(7-11-3-4-11)8-12-5-6-12/h9-12H,3-8H2,1-2H3,(H,15,19)(H,17,18). The molecule has 2 saturated carbocycles. The highest BCUT2D eigenvalue weighted by Gasteiger charge is 2.32. The molecule has 2 rings (SSSR count). The molecule has 19 heavy (non-hydrogen) atoms. The summed E-state index contributed by atoms with van der Waals surface area (Å²) in [7, 11) is 0. The van der Waals surface area contributed by atoms with Crippen LogP contribution in [0.5, 0.6) is 0 Å². The molecule has 0 aromatic carbocycles. The zero-order chi connectivity index (χ0) is 14.0. The maximum atomic E-state index is 12.2. The molecule has 2 atom stereocenters. The third-order valence-electron chi connectivity index (χ3n) is 4.13. The Labute approximate surface area is 114 Å². The largest absolute Gasteiger partial charge is 0.481 e. The summed E-state index contributed by atoms with van der Waals surface area (Å²) in [5.74, 6) is -0.107. The normalized spacial score (nSPS) is 21.6. The predicted octanol–water partition coefficient (Wildman–Crippen LogP) is 1.93. The highest BCUT2D eigenvalue weighted by atomic mass is 16.4. The first-order valence-corrected chi connectivity index (χ1v) is 7.25. The second-order valence-corrected chi connectivity index (χ2v) is 6.16. The average molecular weight is 268 g/mol. The minimum atomic E-state index is -0.872. The van der Waals surface area contributed by atoms with Crippen molar-refractivity contribution < 1.29 is 14.7 Å². The second kappa shape index (κ2) is 5.80. The number of hydrogen-bond donors (Lipinski definition) is 2. The third-order valence-corrected chi connectivity index (χ3v) is 4.13. The van der Waals surface area contributed by atoms with Gasteiger partial charge in [-0.3, -0.25) is 4.79 Å². The van der Waals surface area contributed by atoms with E-state index in [9.17, 15) is 9.59 Å². The van der Waals surface area contributed by atoms with E-state index in [1.165, 1.54) is 25.7 Å². The Morgan fingerprint density at radius 2 is 1.63 bits per heavy atom. The molecule has 0 aromatic heterocycles. The van der Waals surface area contributed by atoms with E-state index in [1.54, 1.807) is 13.8 Å². The summed E-state index contributed by atoms with van der Waals surface area (Å²) in [6.45, 7) is 5.04. The van der Waals surface area contributed by atoms with E-state index in [2.05, 4.69) is 5.32 Å². The molecule has 0 bridgehead atoms. The Kier molecular flexibility index (Phi) is 4.32. The van der Waals surface area contributed by atoms with Gasteiger partial charge in [-0.1, -0.05) is 0 Å². The van der Waals surface area contributed by atoms with Crippen LogP contribution in [0.3, 0.4) is 0 Å². The zero-order valence-electron chi connectivity index (χ0n) is 11.8. The van der Waals surface area contributed by atoms with E-state index in [0.29, 0.717) is 11.8 Å². The molecule has 2 aliphatic rings. The molecule has 108 valence electrons. The van der Waals surface area contributed by atoms with Gasteiger partial charge in [-0.05, 0) is 51.4 Å². The number of nitrogens with zero attached hydrogens (tertiary/aromatic N) is 1. The van der Waals surface area contributed by atoms with E-state index in [-0.39, 0.29) is 12.1 Å². The van der Waals surface area contributed by atoms with E-state index in [1.807, 2.05) is 4.90 Å². The van der Waals surface area contributed by atoms with Gasteiger partial charge in [0.15, 0.2) is 0 Å². The lowest BCUT2D eigenvalue weighted by Crippen LogP contribution is -2.48. The van der Waals surface area contributed by atoms with Crippen LogP contribution in [0.2, 0.25) is 0 Å². The van der Waals surface area contributed by atoms with Crippen LogP contribution < -0.4 is 5.32 Å². The fourth-order valence-electron chi connectivity index (χ4n) is 2.09. The van der Waals surface area contributed by atoms with Gasteiger partial charge in [0.2, 0.25) is 0 Å². The van der Waals surface area contributed by atoms with E-state index >= 15 is 0 Å². The van der Waals surface area contributed by atoms with Crippen molar-refractivity contribution in [3.63, 3.8) is 0 Å². The number of carbonyl (C=O) groups is 2. The van der Waals surface area contributed by atoms with Crippen LogP contribution in [0.25, 0.3) is 0 Å². The van der Waals surface area contributed by atoms with E-state index in [4.69, 9.17) is 5.11 Å². The molecule has 0 aliphatic heterocycles. The predicted molar refractivity (Wildman–Crippen MR) is 71.8 cm³/mol. The second-order valence-electron chi connectivity index (χ2n) is 6.16. The molecule has 5 nitrogen and oxygen atoms in total. The van der Waals surface area contributed by atoms with Gasteiger partial charge in [0.1, 0.15) is 0 Å². The van der Waals surface area contributed by atoms with Crippen molar-refractivity contribution in [2.45, 2.75) is 45.6 Å².